The summed E-state index contributed by atoms with van der Waals surface area (Å²) in [5.41, 5.74) is 0. The normalized spacial score (nSPS) is 25.2. The van der Waals surface area contributed by atoms with Crippen LogP contribution in [-0.2, 0) is 0 Å². The zero-order chi connectivity index (χ0) is 10.2. The Balaban J connectivity index is 1.94. The maximum atomic E-state index is 12.8. The second kappa shape index (κ2) is 3.73. The van der Waals surface area contributed by atoms with E-state index in [1.165, 1.54) is 11.3 Å². The minimum Gasteiger partial charge on any atom is -0.359 e. The second-order valence-electron chi connectivity index (χ2n) is 3.42. The van der Waals surface area contributed by atoms with Crippen molar-refractivity contribution >= 4 is 32.4 Å². The van der Waals surface area contributed by atoms with Crippen molar-refractivity contribution in [2.45, 2.75) is 31.2 Å². The fraction of sp³-hybridized carbons (Fsp3) is 0.625. The Bertz CT molecular complexity index is 329. The number of anilines is 1. The van der Waals surface area contributed by atoms with E-state index < -0.39 is 5.92 Å². The average molecular weight is 283 g/mol. The molecule has 2 nitrogen and oxygen atoms in total. The summed E-state index contributed by atoms with van der Waals surface area (Å²) in [6, 6.07) is -0.136. The molecule has 1 aliphatic rings. The maximum Gasteiger partial charge on any atom is 0.250 e. The zero-order valence-corrected chi connectivity index (χ0v) is 9.67. The van der Waals surface area contributed by atoms with Gasteiger partial charge in [-0.05, 0) is 22.4 Å². The second-order valence-corrected chi connectivity index (χ2v) is 5.09. The number of hydrogen-bond donors (Lipinski definition) is 1. The highest BCUT2D eigenvalue weighted by molar-refractivity contribution is 9.10. The van der Waals surface area contributed by atoms with Gasteiger partial charge in [0.05, 0.1) is 0 Å². The third kappa shape index (κ3) is 2.42. The summed E-state index contributed by atoms with van der Waals surface area (Å²) in [4.78, 5) is 4.10. The molecule has 1 unspecified atom stereocenters. The van der Waals surface area contributed by atoms with Crippen LogP contribution in [0.5, 0.6) is 0 Å². The quantitative estimate of drug-likeness (QED) is 0.898. The third-order valence-electron chi connectivity index (χ3n) is 2.21. The molecule has 0 saturated heterocycles. The van der Waals surface area contributed by atoms with Gasteiger partial charge < -0.3 is 5.32 Å². The van der Waals surface area contributed by atoms with Crippen LogP contribution in [0.25, 0.3) is 0 Å². The van der Waals surface area contributed by atoms with Crippen LogP contribution in [0, 0.1) is 0 Å². The molecule has 0 spiro atoms. The van der Waals surface area contributed by atoms with Crippen molar-refractivity contribution in [2.75, 3.05) is 5.32 Å². The molecular formula is C8H9BrF2N2S. The summed E-state index contributed by atoms with van der Waals surface area (Å²) in [5.74, 6) is -2.49. The molecule has 0 bridgehead atoms. The molecule has 1 fully saturated rings. The Morgan fingerprint density at radius 1 is 1.64 bits per heavy atom. The minimum absolute atomic E-state index is 0.0167. The van der Waals surface area contributed by atoms with E-state index in [-0.39, 0.29) is 18.9 Å². The molecule has 1 atom stereocenters. The third-order valence-corrected chi connectivity index (χ3v) is 3.69. The fourth-order valence-electron chi connectivity index (χ4n) is 1.57. The molecule has 2 rings (SSSR count). The highest BCUT2D eigenvalue weighted by Crippen LogP contribution is 2.36. The van der Waals surface area contributed by atoms with Gasteiger partial charge in [-0.3, -0.25) is 0 Å². The van der Waals surface area contributed by atoms with Gasteiger partial charge in [0.1, 0.15) is 4.60 Å². The van der Waals surface area contributed by atoms with E-state index >= 15 is 0 Å². The Morgan fingerprint density at radius 3 is 2.93 bits per heavy atom. The zero-order valence-electron chi connectivity index (χ0n) is 7.27. The molecule has 14 heavy (non-hydrogen) atoms. The van der Waals surface area contributed by atoms with Crippen molar-refractivity contribution in [3.63, 3.8) is 0 Å². The first-order chi connectivity index (χ1) is 6.55. The molecule has 6 heteroatoms. The first-order valence-corrected chi connectivity index (χ1v) is 5.98. The highest BCUT2D eigenvalue weighted by Gasteiger charge is 2.39. The van der Waals surface area contributed by atoms with Gasteiger partial charge in [0.15, 0.2) is 5.13 Å². The Labute approximate surface area is 92.9 Å². The van der Waals surface area contributed by atoms with Crippen molar-refractivity contribution in [2.24, 2.45) is 0 Å². The lowest BCUT2D eigenvalue weighted by atomic mass is 10.2. The van der Waals surface area contributed by atoms with Crippen molar-refractivity contribution in [1.82, 2.24) is 4.98 Å². The van der Waals surface area contributed by atoms with Crippen LogP contribution < -0.4 is 5.32 Å². The number of alkyl halides is 2. The summed E-state index contributed by atoms with van der Waals surface area (Å²) in [6.07, 6.45) is 0.422. The maximum absolute atomic E-state index is 12.8. The van der Waals surface area contributed by atoms with Gasteiger partial charge in [-0.2, -0.15) is 0 Å². The Kier molecular flexibility index (Phi) is 2.74. The van der Waals surface area contributed by atoms with Crippen molar-refractivity contribution in [3.8, 4) is 0 Å². The van der Waals surface area contributed by atoms with E-state index in [1.54, 1.807) is 0 Å². The summed E-state index contributed by atoms with van der Waals surface area (Å²) in [6.45, 7) is 0. The summed E-state index contributed by atoms with van der Waals surface area (Å²) in [5, 5.41) is 5.55. The van der Waals surface area contributed by atoms with E-state index in [0.29, 0.717) is 11.6 Å². The molecule has 0 radical (unpaired) electrons. The first kappa shape index (κ1) is 10.3. The van der Waals surface area contributed by atoms with Gasteiger partial charge in [0.25, 0.3) is 0 Å². The van der Waals surface area contributed by atoms with Gasteiger partial charge in [-0.1, -0.05) is 0 Å². The monoisotopic (exact) mass is 282 g/mol. The van der Waals surface area contributed by atoms with E-state index in [0.717, 1.165) is 4.60 Å². The molecule has 1 saturated carbocycles. The Morgan fingerprint density at radius 2 is 2.43 bits per heavy atom. The molecule has 1 heterocycles. The summed E-state index contributed by atoms with van der Waals surface area (Å²) >= 11 is 4.64. The smallest absolute Gasteiger partial charge is 0.250 e. The topological polar surface area (TPSA) is 24.9 Å². The average Bonchev–Trinajstić information content (AvgIpc) is 2.59. The molecule has 0 aromatic carbocycles. The van der Waals surface area contributed by atoms with Crippen molar-refractivity contribution in [3.05, 3.63) is 9.98 Å². The number of nitrogens with zero attached hydrogens (tertiary/aromatic N) is 1. The van der Waals surface area contributed by atoms with E-state index in [2.05, 4.69) is 26.2 Å². The molecule has 1 aliphatic carbocycles. The Hall–Kier alpha value is -0.230. The number of aromatic nitrogens is 1. The van der Waals surface area contributed by atoms with Crippen LogP contribution in [0.2, 0.25) is 0 Å². The van der Waals surface area contributed by atoms with Crippen LogP contribution in [0.15, 0.2) is 9.98 Å². The lowest BCUT2D eigenvalue weighted by Gasteiger charge is -2.11. The van der Waals surface area contributed by atoms with Crippen LogP contribution in [0.3, 0.4) is 0 Å². The number of rotatable bonds is 2. The van der Waals surface area contributed by atoms with Gasteiger partial charge >= 0.3 is 0 Å². The summed E-state index contributed by atoms with van der Waals surface area (Å²) < 4.78 is 26.4. The lowest BCUT2D eigenvalue weighted by Crippen LogP contribution is -2.18. The van der Waals surface area contributed by atoms with Gasteiger partial charge in [0, 0.05) is 24.3 Å². The minimum atomic E-state index is -2.49. The van der Waals surface area contributed by atoms with Crippen LogP contribution in [0.4, 0.5) is 13.9 Å². The van der Waals surface area contributed by atoms with Gasteiger partial charge in [-0.25, -0.2) is 13.8 Å². The molecule has 0 amide bonds. The molecular weight excluding hydrogens is 274 g/mol. The molecule has 1 aromatic rings. The van der Waals surface area contributed by atoms with Gasteiger partial charge in [-0.15, -0.1) is 11.3 Å². The first-order valence-electron chi connectivity index (χ1n) is 4.30. The van der Waals surface area contributed by atoms with E-state index in [4.69, 9.17) is 0 Å². The van der Waals surface area contributed by atoms with Crippen molar-refractivity contribution in [1.29, 1.82) is 0 Å². The predicted octanol–water partition coefficient (Wildman–Crippen LogP) is 3.51. The van der Waals surface area contributed by atoms with Crippen LogP contribution in [0.1, 0.15) is 19.3 Å². The van der Waals surface area contributed by atoms with E-state index in [9.17, 15) is 8.78 Å². The fourth-order valence-corrected chi connectivity index (χ4v) is 2.79. The standard InChI is InChI=1S/C8H9BrF2N2S/c9-6-4-14-7(13-6)12-5-1-2-8(10,11)3-5/h4-5H,1-3H2,(H,12,13). The molecule has 78 valence electrons. The number of halogens is 3. The summed E-state index contributed by atoms with van der Waals surface area (Å²) in [7, 11) is 0. The number of hydrogen-bond acceptors (Lipinski definition) is 3. The lowest BCUT2D eigenvalue weighted by molar-refractivity contribution is 0.00853. The SMILES string of the molecule is FC1(F)CCC(Nc2nc(Br)cs2)C1. The number of nitrogens with one attached hydrogen (secondary N) is 1. The van der Waals surface area contributed by atoms with Crippen LogP contribution >= 0.6 is 27.3 Å². The molecule has 0 aliphatic heterocycles. The van der Waals surface area contributed by atoms with Crippen molar-refractivity contribution < 1.29 is 8.78 Å². The number of thiazole rings is 1. The highest BCUT2D eigenvalue weighted by atomic mass is 79.9. The van der Waals surface area contributed by atoms with Gasteiger partial charge in [0.2, 0.25) is 5.92 Å². The van der Waals surface area contributed by atoms with E-state index in [1.807, 2.05) is 5.38 Å². The van der Waals surface area contributed by atoms with Crippen LogP contribution in [-0.4, -0.2) is 16.9 Å². The molecule has 1 aromatic heterocycles. The largest absolute Gasteiger partial charge is 0.359 e. The molecule has 1 N–H and O–H groups in total. The predicted molar refractivity (Wildman–Crippen MR) is 56.0 cm³/mol.